The summed E-state index contributed by atoms with van der Waals surface area (Å²) >= 11 is 0. The van der Waals surface area contributed by atoms with Crippen LogP contribution in [0.3, 0.4) is 0 Å². The molecular formula is C66H94Cl2N2PRu. The minimum atomic E-state index is -5.43. The molecule has 5 aliphatic rings. The predicted molar refractivity (Wildman–Crippen MR) is 321 cm³/mol. The van der Waals surface area contributed by atoms with Gasteiger partial charge in [0.05, 0.1) is 0 Å². The molecule has 4 aromatic carbocycles. The molecule has 6 heteroatoms. The number of anilines is 2. The number of hydrogen-bond donors (Lipinski definition) is 0. The fraction of sp³-hybridized carbons (Fsp3) is 0.576. The zero-order valence-corrected chi connectivity index (χ0v) is 50.1. The molecule has 0 amide bonds. The average Bonchev–Trinajstić information content (AvgIpc) is 4.03. The van der Waals surface area contributed by atoms with Crippen molar-refractivity contribution in [3.63, 3.8) is 0 Å². The molecule has 4 fully saturated rings. The van der Waals surface area contributed by atoms with Crippen molar-refractivity contribution in [2.45, 2.75) is 232 Å². The van der Waals surface area contributed by atoms with E-state index in [1.54, 1.807) is 0 Å². The minimum absolute atomic E-state index is 0.609. The molecular weight excluding hydrogens is 1020 g/mol. The average molecular weight is 1120 g/mol. The van der Waals surface area contributed by atoms with Crippen molar-refractivity contribution in [3.05, 3.63) is 135 Å². The second-order valence-electron chi connectivity index (χ2n) is 22.9. The van der Waals surface area contributed by atoms with Crippen molar-refractivity contribution in [2.75, 3.05) is 22.9 Å². The maximum absolute atomic E-state index is 10.5. The van der Waals surface area contributed by atoms with E-state index in [0.29, 0.717) is 17.0 Å². The molecule has 9 rings (SSSR count). The van der Waals surface area contributed by atoms with Crippen molar-refractivity contribution >= 4 is 50.4 Å². The summed E-state index contributed by atoms with van der Waals surface area (Å²) in [6.07, 6.45) is 35.9. The monoisotopic (exact) mass is 1120 g/mol. The molecule has 1 heterocycles. The third-order valence-corrected chi connectivity index (χ3v) is 56.8. The molecule has 72 heavy (non-hydrogen) atoms. The first kappa shape index (κ1) is 54.4. The second kappa shape index (κ2) is 24.3. The van der Waals surface area contributed by atoms with Gasteiger partial charge in [0.2, 0.25) is 0 Å². The molecule has 0 aromatic heterocycles. The van der Waals surface area contributed by atoms with Crippen LogP contribution in [0.25, 0.3) is 5.57 Å². The van der Waals surface area contributed by atoms with Gasteiger partial charge in [-0.1, -0.05) is 0 Å². The standard InChI is InChI=1S/C33H50N2.C18H33P.C15H10.2ClH.Ru/c1-7-13-26-21-28(15-9-3)32(29(22-26)16-10-4)34-19-20-35(25-34)33-30(17-11-5)23-27(14-8-2)24-31(33)18-12-6;1-4-10-16(11-5-1)19(17-12-6-2-7-13-17)18-14-8-3-9-15-18;1-2-6-12(7-3-1)15-11-10-13-8-4-5-9-14(13)15;;;/h21-24H,7-20H2,1-6H3;16-18H,1-15H2;1-9,11H;2*1H;/q;;;;;+1/p-1. The Balaban J connectivity index is 1.60. The quantitative estimate of drug-likeness (QED) is 0.0682. The number of halogens is 2. The molecule has 0 atom stereocenters. The van der Waals surface area contributed by atoms with Gasteiger partial charge >= 0.3 is 450 Å². The van der Waals surface area contributed by atoms with Crippen molar-refractivity contribution in [3.8, 4) is 0 Å². The van der Waals surface area contributed by atoms with Crippen LogP contribution < -0.4 is 9.80 Å². The number of nitrogens with zero attached hydrogens (tertiary/aromatic N) is 2. The van der Waals surface area contributed by atoms with E-state index in [9.17, 15) is 19.4 Å². The van der Waals surface area contributed by atoms with E-state index in [1.165, 1.54) is 172 Å². The molecule has 0 unspecified atom stereocenters. The molecule has 0 N–H and O–H groups in total. The fourth-order valence-electron chi connectivity index (χ4n) is 15.4. The van der Waals surface area contributed by atoms with E-state index in [4.69, 9.17) is 0 Å². The van der Waals surface area contributed by atoms with Gasteiger partial charge in [-0.25, -0.2) is 0 Å². The number of hydrogen-bond acceptors (Lipinski definition) is 2. The van der Waals surface area contributed by atoms with E-state index in [0.717, 1.165) is 90.1 Å². The summed E-state index contributed by atoms with van der Waals surface area (Å²) in [5, 5.41) is 0. The molecule has 395 valence electrons. The SMILES string of the molecule is CCCc1cc(CCC)c(N2CCN(c3c(CCC)cc(CCC)cc3CCC)[C]2=[Ru]([Cl])([Cl])(=[C]2C=C(c3ccccc3)c3ccccc32)[PH](C2CCCCC2)(C2CCCCC2)C2CCCCC2)c(CCC)c1. The van der Waals surface area contributed by atoms with Crippen LogP contribution >= 0.6 is 25.0 Å². The van der Waals surface area contributed by atoms with Crippen LogP contribution in [-0.2, 0) is 48.8 Å². The first-order valence-electron chi connectivity index (χ1n) is 29.9. The number of allylic oxidation sites excluding steroid dienone is 1. The molecule has 0 radical (unpaired) electrons. The van der Waals surface area contributed by atoms with E-state index in [2.05, 4.69) is 136 Å². The van der Waals surface area contributed by atoms with E-state index >= 15 is 0 Å². The topological polar surface area (TPSA) is 6.48 Å². The van der Waals surface area contributed by atoms with Crippen LogP contribution in [0, 0.1) is 0 Å². The van der Waals surface area contributed by atoms with Crippen LogP contribution in [-0.4, -0.2) is 38.5 Å². The van der Waals surface area contributed by atoms with Gasteiger partial charge in [0.25, 0.3) is 0 Å². The normalized spacial score (nSPS) is 19.4. The Bertz CT molecular complexity index is 2500. The van der Waals surface area contributed by atoms with Gasteiger partial charge in [0.1, 0.15) is 0 Å². The van der Waals surface area contributed by atoms with Crippen LogP contribution in [0.1, 0.15) is 226 Å². The summed E-state index contributed by atoms with van der Waals surface area (Å²) in [6.45, 7) is 16.2. The Morgan fingerprint density at radius 2 is 0.819 bits per heavy atom. The van der Waals surface area contributed by atoms with Crippen molar-refractivity contribution < 1.29 is 10.2 Å². The van der Waals surface area contributed by atoms with E-state index < -0.39 is 15.8 Å². The fourth-order valence-corrected chi connectivity index (χ4v) is 64.9. The summed E-state index contributed by atoms with van der Waals surface area (Å²) in [5.41, 5.74) is 16.3. The summed E-state index contributed by atoms with van der Waals surface area (Å²) in [6, 6.07) is 31.5. The molecule has 4 aliphatic carbocycles. The van der Waals surface area contributed by atoms with Crippen LogP contribution in [0.5, 0.6) is 0 Å². The Hall–Kier alpha value is -2.41. The summed E-state index contributed by atoms with van der Waals surface area (Å²) in [5.74, 6) is 0. The molecule has 4 aromatic rings. The summed E-state index contributed by atoms with van der Waals surface area (Å²) in [4.78, 5) is 5.95. The Kier molecular flexibility index (Phi) is 18.3. The zero-order chi connectivity index (χ0) is 50.3. The van der Waals surface area contributed by atoms with Gasteiger partial charge < -0.3 is 0 Å². The Morgan fingerprint density at radius 3 is 1.19 bits per heavy atom. The van der Waals surface area contributed by atoms with Crippen molar-refractivity contribution in [1.82, 2.24) is 0 Å². The van der Waals surface area contributed by atoms with Gasteiger partial charge in [-0.05, 0) is 0 Å². The molecule has 1 saturated heterocycles. The zero-order valence-electron chi connectivity index (χ0n) is 45.8. The first-order valence-corrected chi connectivity index (χ1v) is 40.8. The van der Waals surface area contributed by atoms with Crippen LogP contribution in [0.15, 0.2) is 84.9 Å². The molecule has 1 aliphatic heterocycles. The summed E-state index contributed by atoms with van der Waals surface area (Å²) in [7, 11) is 15.5. The maximum atomic E-state index is 10.5. The third kappa shape index (κ3) is 9.95. The molecule has 0 bridgehead atoms. The van der Waals surface area contributed by atoms with Gasteiger partial charge in [-0.3, -0.25) is 0 Å². The van der Waals surface area contributed by atoms with Gasteiger partial charge in [0, 0.05) is 0 Å². The van der Waals surface area contributed by atoms with Gasteiger partial charge in [0.15, 0.2) is 0 Å². The Labute approximate surface area is 447 Å². The predicted octanol–water partition coefficient (Wildman–Crippen LogP) is 19.1. The van der Waals surface area contributed by atoms with Crippen LogP contribution in [0.4, 0.5) is 11.4 Å². The van der Waals surface area contributed by atoms with Crippen molar-refractivity contribution in [1.29, 1.82) is 0 Å². The molecule has 2 nitrogen and oxygen atoms in total. The van der Waals surface area contributed by atoms with Crippen LogP contribution in [0.2, 0.25) is 0 Å². The van der Waals surface area contributed by atoms with Gasteiger partial charge in [-0.15, -0.1) is 0 Å². The number of benzene rings is 4. The van der Waals surface area contributed by atoms with E-state index in [-0.39, 0.29) is 0 Å². The number of rotatable bonds is 19. The number of fused-ring (bicyclic) bond motifs is 1. The summed E-state index contributed by atoms with van der Waals surface area (Å²) < 4.78 is 2.83. The Morgan fingerprint density at radius 1 is 0.458 bits per heavy atom. The number of aryl methyl sites for hydroxylation is 6. The second-order valence-corrected chi connectivity index (χ2v) is 50.7. The molecule has 3 saturated carbocycles. The van der Waals surface area contributed by atoms with Gasteiger partial charge in [-0.2, -0.15) is 0 Å². The first-order chi connectivity index (χ1) is 35.2. The molecule has 0 spiro atoms. The third-order valence-electron chi connectivity index (χ3n) is 18.0. The van der Waals surface area contributed by atoms with Crippen molar-refractivity contribution in [2.24, 2.45) is 0 Å². The van der Waals surface area contributed by atoms with E-state index in [1.807, 2.05) is 0 Å².